The average Bonchev–Trinajstić information content (AvgIpc) is 3.27. The summed E-state index contributed by atoms with van der Waals surface area (Å²) < 4.78 is 12.6. The fraction of sp³-hybridized carbons (Fsp3) is 0.310. The highest BCUT2D eigenvalue weighted by molar-refractivity contribution is 7.19. The summed E-state index contributed by atoms with van der Waals surface area (Å²) in [6.45, 7) is 4.59. The molecule has 0 saturated heterocycles. The van der Waals surface area contributed by atoms with E-state index in [9.17, 15) is 9.59 Å². The Morgan fingerprint density at radius 1 is 1.13 bits per heavy atom. The molecule has 8 nitrogen and oxygen atoms in total. The van der Waals surface area contributed by atoms with E-state index in [-0.39, 0.29) is 12.1 Å². The molecule has 4 rings (SSSR count). The lowest BCUT2D eigenvalue weighted by Crippen LogP contribution is -2.30. The summed E-state index contributed by atoms with van der Waals surface area (Å²) in [6.07, 6.45) is 7.44. The minimum absolute atomic E-state index is 0.198. The van der Waals surface area contributed by atoms with E-state index in [1.165, 1.54) is 41.3 Å². The topological polar surface area (TPSA) is 94.8 Å². The molecular weight excluding hydrogens is 500 g/mol. The van der Waals surface area contributed by atoms with Crippen molar-refractivity contribution in [2.75, 3.05) is 13.7 Å². The smallest absolute Gasteiger partial charge is 0.263 e. The molecule has 198 valence electrons. The zero-order chi connectivity index (χ0) is 26.9. The van der Waals surface area contributed by atoms with E-state index in [0.29, 0.717) is 28.3 Å². The third-order valence-electron chi connectivity index (χ3n) is 6.08. The van der Waals surface area contributed by atoms with Crippen molar-refractivity contribution >= 4 is 33.7 Å². The lowest BCUT2D eigenvalue weighted by Gasteiger charge is -2.11. The van der Waals surface area contributed by atoms with E-state index < -0.39 is 5.91 Å². The van der Waals surface area contributed by atoms with Crippen LogP contribution in [-0.4, -0.2) is 35.4 Å². The molecule has 0 aliphatic rings. The van der Waals surface area contributed by atoms with Gasteiger partial charge in [-0.05, 0) is 42.7 Å². The van der Waals surface area contributed by atoms with Gasteiger partial charge >= 0.3 is 0 Å². The minimum Gasteiger partial charge on any atom is -0.493 e. The molecule has 1 N–H and O–H groups in total. The maximum atomic E-state index is 13.3. The Balaban J connectivity index is 1.41. The van der Waals surface area contributed by atoms with Gasteiger partial charge in [-0.2, -0.15) is 5.10 Å². The van der Waals surface area contributed by atoms with E-state index in [1.54, 1.807) is 13.2 Å². The Morgan fingerprint density at radius 3 is 2.71 bits per heavy atom. The van der Waals surface area contributed by atoms with Gasteiger partial charge in [0.25, 0.3) is 11.5 Å². The standard InChI is InChI=1S/C29H32N4O4S/c1-4-5-6-10-15-37-23-14-13-21(16-24(23)36-3)17-31-32-25(34)18-33-19-30-28-27(29(33)35)26(20(2)38-28)22-11-8-7-9-12-22/h7-9,11-14,16-17,19H,4-6,10,15,18H2,1-3H3,(H,32,34)/b31-17-. The van der Waals surface area contributed by atoms with Gasteiger partial charge < -0.3 is 9.47 Å². The molecular formula is C29H32N4O4S. The monoisotopic (exact) mass is 532 g/mol. The summed E-state index contributed by atoms with van der Waals surface area (Å²) in [6, 6.07) is 15.2. The Kier molecular flexibility index (Phi) is 9.26. The fourth-order valence-electron chi connectivity index (χ4n) is 4.17. The van der Waals surface area contributed by atoms with Crippen molar-refractivity contribution in [3.63, 3.8) is 0 Å². The van der Waals surface area contributed by atoms with Crippen LogP contribution in [0, 0.1) is 6.92 Å². The predicted molar refractivity (Wildman–Crippen MR) is 152 cm³/mol. The van der Waals surface area contributed by atoms with Crippen molar-refractivity contribution in [2.24, 2.45) is 5.10 Å². The molecule has 38 heavy (non-hydrogen) atoms. The summed E-state index contributed by atoms with van der Waals surface area (Å²) >= 11 is 1.47. The number of nitrogens with one attached hydrogen (secondary N) is 1. The number of rotatable bonds is 12. The summed E-state index contributed by atoms with van der Waals surface area (Å²) in [5, 5.41) is 4.57. The number of nitrogens with zero attached hydrogens (tertiary/aromatic N) is 3. The first kappa shape index (κ1) is 27.1. The highest BCUT2D eigenvalue weighted by atomic mass is 32.1. The van der Waals surface area contributed by atoms with Crippen LogP contribution in [0.2, 0.25) is 0 Å². The van der Waals surface area contributed by atoms with E-state index >= 15 is 0 Å². The molecule has 0 aliphatic carbocycles. The Bertz CT molecular complexity index is 1480. The van der Waals surface area contributed by atoms with Gasteiger partial charge in [0, 0.05) is 10.4 Å². The highest BCUT2D eigenvalue weighted by Gasteiger charge is 2.17. The van der Waals surface area contributed by atoms with Crippen LogP contribution in [0.15, 0.2) is 64.8 Å². The molecule has 0 unspecified atom stereocenters. The number of aromatic nitrogens is 2. The lowest BCUT2D eigenvalue weighted by atomic mass is 10.0. The predicted octanol–water partition coefficient (Wildman–Crippen LogP) is 5.55. The van der Waals surface area contributed by atoms with E-state index in [0.717, 1.165) is 34.4 Å². The number of hydrogen-bond donors (Lipinski definition) is 1. The molecule has 1 amide bonds. The van der Waals surface area contributed by atoms with Crippen LogP contribution in [-0.2, 0) is 11.3 Å². The van der Waals surface area contributed by atoms with Crippen LogP contribution in [0.3, 0.4) is 0 Å². The molecule has 0 saturated carbocycles. The van der Waals surface area contributed by atoms with Crippen molar-refractivity contribution in [1.29, 1.82) is 0 Å². The van der Waals surface area contributed by atoms with Crippen LogP contribution in [0.5, 0.6) is 11.5 Å². The fourth-order valence-corrected chi connectivity index (χ4v) is 5.17. The number of hydrazone groups is 1. The highest BCUT2D eigenvalue weighted by Crippen LogP contribution is 2.35. The van der Waals surface area contributed by atoms with Crippen molar-refractivity contribution in [3.8, 4) is 22.6 Å². The molecule has 0 spiro atoms. The quantitative estimate of drug-likeness (QED) is 0.147. The van der Waals surface area contributed by atoms with Crippen LogP contribution in [0.1, 0.15) is 43.0 Å². The van der Waals surface area contributed by atoms with Gasteiger partial charge in [0.1, 0.15) is 11.4 Å². The first-order valence-electron chi connectivity index (χ1n) is 12.7. The molecule has 4 aromatic rings. The average molecular weight is 533 g/mol. The number of benzene rings is 2. The number of carbonyl (C=O) groups excluding carboxylic acids is 1. The van der Waals surface area contributed by atoms with Gasteiger partial charge in [-0.3, -0.25) is 14.2 Å². The number of aryl methyl sites for hydroxylation is 1. The second kappa shape index (κ2) is 13.0. The largest absolute Gasteiger partial charge is 0.493 e. The molecule has 2 aromatic heterocycles. The number of carbonyl (C=O) groups is 1. The maximum Gasteiger partial charge on any atom is 0.263 e. The Labute approximate surface area is 225 Å². The van der Waals surface area contributed by atoms with Crippen LogP contribution < -0.4 is 20.5 Å². The summed E-state index contributed by atoms with van der Waals surface area (Å²) in [5.74, 6) is 0.838. The van der Waals surface area contributed by atoms with Crippen molar-refractivity contribution in [1.82, 2.24) is 15.0 Å². The third kappa shape index (κ3) is 6.47. The van der Waals surface area contributed by atoms with Gasteiger partial charge in [0.2, 0.25) is 0 Å². The molecule has 2 aromatic carbocycles. The second-order valence-corrected chi connectivity index (χ2v) is 10.1. The molecule has 0 aliphatic heterocycles. The number of fused-ring (bicyclic) bond motifs is 1. The van der Waals surface area contributed by atoms with Crippen LogP contribution in [0.4, 0.5) is 0 Å². The summed E-state index contributed by atoms with van der Waals surface area (Å²) in [7, 11) is 1.59. The van der Waals surface area contributed by atoms with Crippen molar-refractivity contribution in [2.45, 2.75) is 46.1 Å². The third-order valence-corrected chi connectivity index (χ3v) is 7.09. The number of ether oxygens (including phenoxy) is 2. The SMILES string of the molecule is CCCCCCOc1ccc(/C=N\NC(=O)Cn2cnc3sc(C)c(-c4ccccc4)c3c2=O)cc1OC. The van der Waals surface area contributed by atoms with Crippen molar-refractivity contribution < 1.29 is 14.3 Å². The van der Waals surface area contributed by atoms with Crippen molar-refractivity contribution in [3.05, 3.63) is 75.7 Å². The van der Waals surface area contributed by atoms with Gasteiger partial charge in [-0.15, -0.1) is 11.3 Å². The van der Waals surface area contributed by atoms with Gasteiger partial charge in [-0.1, -0.05) is 56.5 Å². The van der Waals surface area contributed by atoms with E-state index in [1.807, 2.05) is 49.4 Å². The van der Waals surface area contributed by atoms with E-state index in [4.69, 9.17) is 9.47 Å². The molecule has 9 heteroatoms. The second-order valence-electron chi connectivity index (χ2n) is 8.87. The molecule has 0 atom stereocenters. The van der Waals surface area contributed by atoms with Crippen LogP contribution in [0.25, 0.3) is 21.3 Å². The summed E-state index contributed by atoms with van der Waals surface area (Å²) in [5.41, 5.74) is 4.78. The number of amides is 1. The van der Waals surface area contributed by atoms with Gasteiger partial charge in [0.15, 0.2) is 11.5 Å². The molecule has 2 heterocycles. The first-order chi connectivity index (χ1) is 18.5. The first-order valence-corrected chi connectivity index (χ1v) is 13.5. The normalized spacial score (nSPS) is 11.2. The molecule has 0 bridgehead atoms. The summed E-state index contributed by atoms with van der Waals surface area (Å²) in [4.78, 5) is 31.9. The number of methoxy groups -OCH3 is 1. The maximum absolute atomic E-state index is 13.3. The number of thiophene rings is 1. The minimum atomic E-state index is -0.434. The van der Waals surface area contributed by atoms with E-state index in [2.05, 4.69) is 22.4 Å². The molecule has 0 radical (unpaired) electrons. The lowest BCUT2D eigenvalue weighted by molar-refractivity contribution is -0.121. The number of unbranched alkanes of at least 4 members (excludes halogenated alkanes) is 3. The molecule has 0 fully saturated rings. The van der Waals surface area contributed by atoms with Crippen LogP contribution >= 0.6 is 11.3 Å². The number of hydrogen-bond acceptors (Lipinski definition) is 7. The Hall–Kier alpha value is -3.98. The van der Waals surface area contributed by atoms with Gasteiger partial charge in [-0.25, -0.2) is 10.4 Å². The van der Waals surface area contributed by atoms with Gasteiger partial charge in [0.05, 0.1) is 31.6 Å². The zero-order valence-corrected chi connectivity index (χ0v) is 22.7. The zero-order valence-electron chi connectivity index (χ0n) is 21.9. The Morgan fingerprint density at radius 2 is 1.95 bits per heavy atom.